The summed E-state index contributed by atoms with van der Waals surface area (Å²) < 4.78 is 11.7. The Morgan fingerprint density at radius 1 is 0.968 bits per heavy atom. The highest BCUT2D eigenvalue weighted by molar-refractivity contribution is 6.12. The van der Waals surface area contributed by atoms with E-state index in [1.807, 2.05) is 6.07 Å². The fourth-order valence-electron chi connectivity index (χ4n) is 3.23. The van der Waals surface area contributed by atoms with E-state index in [-0.39, 0.29) is 35.9 Å². The molecule has 0 radical (unpaired) electrons. The van der Waals surface area contributed by atoms with Crippen molar-refractivity contribution in [1.82, 2.24) is 9.55 Å². The zero-order valence-electron chi connectivity index (χ0n) is 17.5. The van der Waals surface area contributed by atoms with E-state index in [0.717, 1.165) is 0 Å². The predicted octanol–water partition coefficient (Wildman–Crippen LogP) is 3.35. The van der Waals surface area contributed by atoms with Gasteiger partial charge in [-0.3, -0.25) is 9.36 Å². The number of carbonyl (C=O) groups excluding carboxylic acids is 3. The Bertz CT molecular complexity index is 1140. The number of imidazole rings is 1. The van der Waals surface area contributed by atoms with Crippen LogP contribution in [0.5, 0.6) is 0 Å². The number of aromatic nitrogens is 2. The maximum Gasteiger partial charge on any atom is 0.359 e. The van der Waals surface area contributed by atoms with Gasteiger partial charge < -0.3 is 15.2 Å². The van der Waals surface area contributed by atoms with Crippen LogP contribution in [0, 0.1) is 6.92 Å². The van der Waals surface area contributed by atoms with Crippen LogP contribution in [0.15, 0.2) is 48.5 Å². The Balaban J connectivity index is 2.27. The molecule has 2 aromatic carbocycles. The van der Waals surface area contributed by atoms with Crippen LogP contribution in [0.1, 0.15) is 56.6 Å². The van der Waals surface area contributed by atoms with Crippen molar-refractivity contribution in [1.29, 1.82) is 0 Å². The van der Waals surface area contributed by atoms with Crippen LogP contribution in [0.2, 0.25) is 0 Å². The SMILES string of the molecule is CCOC(=O)c1nc(C)n(-c2ccc(N)cc2C(=O)c2ccccc2)c1C(=O)OCC. The number of ether oxygens (including phenoxy) is 2. The van der Waals surface area contributed by atoms with Crippen LogP contribution in [0.4, 0.5) is 5.69 Å². The molecule has 1 heterocycles. The lowest BCUT2D eigenvalue weighted by Crippen LogP contribution is -2.19. The summed E-state index contributed by atoms with van der Waals surface area (Å²) >= 11 is 0. The number of nitrogen functional groups attached to an aromatic ring is 1. The molecule has 0 atom stereocenters. The van der Waals surface area contributed by atoms with Crippen LogP contribution >= 0.6 is 0 Å². The van der Waals surface area contributed by atoms with Gasteiger partial charge in [-0.2, -0.15) is 0 Å². The number of hydrogen-bond acceptors (Lipinski definition) is 7. The van der Waals surface area contributed by atoms with E-state index in [1.165, 1.54) is 10.6 Å². The third-order valence-electron chi connectivity index (χ3n) is 4.52. The van der Waals surface area contributed by atoms with Gasteiger partial charge in [-0.25, -0.2) is 14.6 Å². The summed E-state index contributed by atoms with van der Waals surface area (Å²) in [5.74, 6) is -1.47. The Morgan fingerprint density at radius 2 is 1.61 bits per heavy atom. The minimum absolute atomic E-state index is 0.100. The van der Waals surface area contributed by atoms with Gasteiger partial charge in [-0.05, 0) is 39.0 Å². The second kappa shape index (κ2) is 9.25. The fraction of sp³-hybridized carbons (Fsp3) is 0.217. The molecule has 160 valence electrons. The molecule has 0 unspecified atom stereocenters. The molecule has 0 spiro atoms. The topological polar surface area (TPSA) is 114 Å². The smallest absolute Gasteiger partial charge is 0.359 e. The van der Waals surface area contributed by atoms with Gasteiger partial charge in [-0.1, -0.05) is 30.3 Å². The Hall–Kier alpha value is -3.94. The van der Waals surface area contributed by atoms with Crippen molar-refractivity contribution >= 4 is 23.4 Å². The highest BCUT2D eigenvalue weighted by Crippen LogP contribution is 2.27. The second-order valence-corrected chi connectivity index (χ2v) is 6.60. The average Bonchev–Trinajstić information content (AvgIpc) is 3.11. The fourth-order valence-corrected chi connectivity index (χ4v) is 3.23. The van der Waals surface area contributed by atoms with Crippen LogP contribution in [0.25, 0.3) is 5.69 Å². The van der Waals surface area contributed by atoms with Crippen LogP contribution in [-0.4, -0.2) is 40.5 Å². The lowest BCUT2D eigenvalue weighted by Gasteiger charge is -2.15. The third-order valence-corrected chi connectivity index (χ3v) is 4.52. The standard InChI is InChI=1S/C23H23N3O5/c1-4-30-22(28)19-20(23(29)31-5-2)26(14(3)25-19)18-12-11-16(24)13-17(18)21(27)15-9-7-6-8-10-15/h6-13H,4-5,24H2,1-3H3. The molecular formula is C23H23N3O5. The van der Waals surface area contributed by atoms with E-state index < -0.39 is 11.9 Å². The zero-order chi connectivity index (χ0) is 22.5. The number of nitrogens with zero attached hydrogens (tertiary/aromatic N) is 2. The number of ketones is 1. The van der Waals surface area contributed by atoms with Gasteiger partial charge in [0.2, 0.25) is 0 Å². The molecule has 31 heavy (non-hydrogen) atoms. The normalized spacial score (nSPS) is 10.5. The first-order valence-electron chi connectivity index (χ1n) is 9.82. The third kappa shape index (κ3) is 4.32. The van der Waals surface area contributed by atoms with Gasteiger partial charge in [0.1, 0.15) is 5.82 Å². The average molecular weight is 421 g/mol. The van der Waals surface area contributed by atoms with Crippen molar-refractivity contribution < 1.29 is 23.9 Å². The molecule has 0 saturated heterocycles. The molecule has 2 N–H and O–H groups in total. The maximum absolute atomic E-state index is 13.3. The molecule has 0 amide bonds. The van der Waals surface area contributed by atoms with Gasteiger partial charge in [0.15, 0.2) is 17.2 Å². The number of aryl methyl sites for hydroxylation is 1. The van der Waals surface area contributed by atoms with E-state index in [1.54, 1.807) is 57.2 Å². The number of benzene rings is 2. The monoisotopic (exact) mass is 421 g/mol. The Kier molecular flexibility index (Phi) is 6.49. The molecule has 0 aliphatic heterocycles. The first-order valence-corrected chi connectivity index (χ1v) is 9.82. The summed E-state index contributed by atoms with van der Waals surface area (Å²) in [6.45, 7) is 5.15. The molecule has 1 aromatic heterocycles. The van der Waals surface area contributed by atoms with Gasteiger partial charge in [-0.15, -0.1) is 0 Å². The van der Waals surface area contributed by atoms with E-state index >= 15 is 0 Å². The van der Waals surface area contributed by atoms with Gasteiger partial charge >= 0.3 is 11.9 Å². The predicted molar refractivity (Wildman–Crippen MR) is 115 cm³/mol. The van der Waals surface area contributed by atoms with E-state index in [0.29, 0.717) is 22.8 Å². The molecular weight excluding hydrogens is 398 g/mol. The van der Waals surface area contributed by atoms with Crippen LogP contribution in [-0.2, 0) is 9.47 Å². The quantitative estimate of drug-likeness (QED) is 0.353. The largest absolute Gasteiger partial charge is 0.461 e. The van der Waals surface area contributed by atoms with Gasteiger partial charge in [0.05, 0.1) is 18.9 Å². The lowest BCUT2D eigenvalue weighted by molar-refractivity contribution is 0.0469. The Morgan fingerprint density at radius 3 is 2.26 bits per heavy atom. The van der Waals surface area contributed by atoms with Crippen molar-refractivity contribution in [3.05, 3.63) is 76.9 Å². The van der Waals surface area contributed by atoms with Crippen LogP contribution < -0.4 is 5.73 Å². The number of anilines is 1. The highest BCUT2D eigenvalue weighted by atomic mass is 16.5. The number of carbonyl (C=O) groups is 3. The molecule has 3 aromatic rings. The van der Waals surface area contributed by atoms with E-state index in [9.17, 15) is 14.4 Å². The van der Waals surface area contributed by atoms with E-state index in [4.69, 9.17) is 15.2 Å². The number of rotatable bonds is 7. The van der Waals surface area contributed by atoms with Gasteiger partial charge in [0.25, 0.3) is 0 Å². The zero-order valence-corrected chi connectivity index (χ0v) is 17.5. The molecule has 8 heteroatoms. The van der Waals surface area contributed by atoms with E-state index in [2.05, 4.69) is 4.98 Å². The molecule has 0 saturated carbocycles. The molecule has 0 fully saturated rings. The minimum atomic E-state index is -0.751. The summed E-state index contributed by atoms with van der Waals surface area (Å²) in [7, 11) is 0. The summed E-state index contributed by atoms with van der Waals surface area (Å²) in [6, 6.07) is 13.4. The van der Waals surface area contributed by atoms with Crippen molar-refractivity contribution in [2.24, 2.45) is 0 Å². The molecule has 0 aliphatic carbocycles. The molecule has 0 bridgehead atoms. The first kappa shape index (κ1) is 21.8. The van der Waals surface area contributed by atoms with Crippen molar-refractivity contribution in [2.75, 3.05) is 18.9 Å². The van der Waals surface area contributed by atoms with Crippen molar-refractivity contribution in [3.8, 4) is 5.69 Å². The molecule has 8 nitrogen and oxygen atoms in total. The molecule has 3 rings (SSSR count). The minimum Gasteiger partial charge on any atom is -0.461 e. The second-order valence-electron chi connectivity index (χ2n) is 6.60. The Labute approximate surface area is 179 Å². The summed E-state index contributed by atoms with van der Waals surface area (Å²) in [6.07, 6.45) is 0. The first-order chi connectivity index (χ1) is 14.9. The lowest BCUT2D eigenvalue weighted by atomic mass is 10.0. The molecule has 0 aliphatic rings. The summed E-state index contributed by atoms with van der Waals surface area (Å²) in [5, 5.41) is 0. The summed E-state index contributed by atoms with van der Waals surface area (Å²) in [5.41, 5.74) is 7.12. The number of hydrogen-bond donors (Lipinski definition) is 1. The summed E-state index contributed by atoms with van der Waals surface area (Å²) in [4.78, 5) is 42.8. The van der Waals surface area contributed by atoms with Crippen molar-refractivity contribution in [3.63, 3.8) is 0 Å². The van der Waals surface area contributed by atoms with Crippen LogP contribution in [0.3, 0.4) is 0 Å². The van der Waals surface area contributed by atoms with Crippen molar-refractivity contribution in [2.45, 2.75) is 20.8 Å². The van der Waals surface area contributed by atoms with Gasteiger partial charge in [0, 0.05) is 16.8 Å². The maximum atomic E-state index is 13.3. The highest BCUT2D eigenvalue weighted by Gasteiger charge is 2.30. The number of esters is 2. The number of nitrogens with two attached hydrogens (primary N) is 1.